The molecule has 0 bridgehead atoms. The average molecular weight is 224 g/mol. The van der Waals surface area contributed by atoms with Crippen molar-refractivity contribution in [2.75, 3.05) is 26.9 Å². The zero-order chi connectivity index (χ0) is 11.5. The average Bonchev–Trinajstić information content (AvgIpc) is 2.71. The molecule has 1 saturated heterocycles. The summed E-state index contributed by atoms with van der Waals surface area (Å²) < 4.78 is 11.9. The van der Waals surface area contributed by atoms with E-state index in [0.29, 0.717) is 12.3 Å². The number of aromatic nitrogens is 1. The minimum atomic E-state index is -0.314. The van der Waals surface area contributed by atoms with Gasteiger partial charge in [-0.05, 0) is 11.6 Å². The molecule has 0 spiro atoms. The van der Waals surface area contributed by atoms with E-state index in [2.05, 4.69) is 5.32 Å². The Balaban J connectivity index is 2.19. The van der Waals surface area contributed by atoms with Gasteiger partial charge in [-0.1, -0.05) is 0 Å². The SMILES string of the molecule is COC(=O)c1cc(C2COCCN2)cn1C. The largest absolute Gasteiger partial charge is 0.464 e. The summed E-state index contributed by atoms with van der Waals surface area (Å²) in [6.07, 6.45) is 1.93. The summed E-state index contributed by atoms with van der Waals surface area (Å²) in [5.74, 6) is -0.314. The summed E-state index contributed by atoms with van der Waals surface area (Å²) in [6.45, 7) is 2.23. The van der Waals surface area contributed by atoms with Gasteiger partial charge in [0.05, 0.1) is 26.4 Å². The maximum atomic E-state index is 11.4. The maximum absolute atomic E-state index is 11.4. The van der Waals surface area contributed by atoms with Crippen LogP contribution in [0.5, 0.6) is 0 Å². The predicted molar refractivity (Wildman–Crippen MR) is 58.3 cm³/mol. The molecule has 0 amide bonds. The first-order valence-electron chi connectivity index (χ1n) is 5.28. The number of esters is 1. The summed E-state index contributed by atoms with van der Waals surface area (Å²) >= 11 is 0. The van der Waals surface area contributed by atoms with E-state index in [4.69, 9.17) is 9.47 Å². The number of hydrogen-bond donors (Lipinski definition) is 1. The van der Waals surface area contributed by atoms with Gasteiger partial charge < -0.3 is 19.4 Å². The van der Waals surface area contributed by atoms with Crippen LogP contribution >= 0.6 is 0 Å². The molecule has 1 aliphatic heterocycles. The Kier molecular flexibility index (Phi) is 3.26. The molecule has 0 saturated carbocycles. The Labute approximate surface area is 94.3 Å². The van der Waals surface area contributed by atoms with Crippen molar-refractivity contribution in [2.24, 2.45) is 7.05 Å². The number of nitrogens with one attached hydrogen (secondary N) is 1. The molecule has 0 aromatic carbocycles. The van der Waals surface area contributed by atoms with Crippen LogP contribution in [0.4, 0.5) is 0 Å². The fourth-order valence-corrected chi connectivity index (χ4v) is 1.87. The second-order valence-electron chi connectivity index (χ2n) is 3.84. The summed E-state index contributed by atoms with van der Waals surface area (Å²) in [7, 11) is 3.22. The van der Waals surface area contributed by atoms with Crippen LogP contribution < -0.4 is 5.32 Å². The zero-order valence-electron chi connectivity index (χ0n) is 9.53. The number of hydrogen-bond acceptors (Lipinski definition) is 4. The third-order valence-corrected chi connectivity index (χ3v) is 2.74. The molecule has 2 heterocycles. The summed E-state index contributed by atoms with van der Waals surface area (Å²) in [5, 5.41) is 3.34. The lowest BCUT2D eigenvalue weighted by atomic mass is 10.1. The highest BCUT2D eigenvalue weighted by atomic mass is 16.5. The third-order valence-electron chi connectivity index (χ3n) is 2.74. The van der Waals surface area contributed by atoms with Crippen LogP contribution in [0.3, 0.4) is 0 Å². The van der Waals surface area contributed by atoms with Gasteiger partial charge >= 0.3 is 5.97 Å². The van der Waals surface area contributed by atoms with Crippen LogP contribution in [0, 0.1) is 0 Å². The van der Waals surface area contributed by atoms with Gasteiger partial charge in [-0.25, -0.2) is 4.79 Å². The lowest BCUT2D eigenvalue weighted by Crippen LogP contribution is -2.34. The van der Waals surface area contributed by atoms with Crippen LogP contribution in [0.2, 0.25) is 0 Å². The number of carbonyl (C=O) groups is 1. The lowest BCUT2D eigenvalue weighted by Gasteiger charge is -2.22. The Bertz CT molecular complexity index is 381. The summed E-state index contributed by atoms with van der Waals surface area (Å²) in [5.41, 5.74) is 1.62. The standard InChI is InChI=1S/C11H16N2O3/c1-13-6-8(5-10(13)11(14)15-2)9-7-16-4-3-12-9/h5-6,9,12H,3-4,7H2,1-2H3. The van der Waals surface area contributed by atoms with E-state index in [1.165, 1.54) is 7.11 Å². The third kappa shape index (κ3) is 2.10. The molecule has 5 nitrogen and oxygen atoms in total. The topological polar surface area (TPSA) is 52.5 Å². The first kappa shape index (κ1) is 11.2. The van der Waals surface area contributed by atoms with Gasteiger partial charge in [-0.2, -0.15) is 0 Å². The van der Waals surface area contributed by atoms with Gasteiger partial charge in [-0.3, -0.25) is 0 Å². The van der Waals surface area contributed by atoms with Gasteiger partial charge in [0.2, 0.25) is 0 Å². The Morgan fingerprint density at radius 1 is 1.69 bits per heavy atom. The second-order valence-corrected chi connectivity index (χ2v) is 3.84. The quantitative estimate of drug-likeness (QED) is 0.742. The normalized spacial score (nSPS) is 20.8. The van der Waals surface area contributed by atoms with Crippen molar-refractivity contribution in [2.45, 2.75) is 6.04 Å². The van der Waals surface area contributed by atoms with Crippen molar-refractivity contribution in [3.63, 3.8) is 0 Å². The Morgan fingerprint density at radius 2 is 2.50 bits per heavy atom. The highest BCUT2D eigenvalue weighted by Crippen LogP contribution is 2.18. The van der Waals surface area contributed by atoms with Crippen LogP contribution in [-0.2, 0) is 16.5 Å². The Hall–Kier alpha value is -1.33. The van der Waals surface area contributed by atoms with E-state index in [1.807, 2.05) is 19.3 Å². The fraction of sp³-hybridized carbons (Fsp3) is 0.545. The first-order valence-corrected chi connectivity index (χ1v) is 5.28. The highest BCUT2D eigenvalue weighted by Gasteiger charge is 2.19. The summed E-state index contributed by atoms with van der Waals surface area (Å²) in [4.78, 5) is 11.4. The van der Waals surface area contributed by atoms with Crippen molar-refractivity contribution in [1.82, 2.24) is 9.88 Å². The summed E-state index contributed by atoms with van der Waals surface area (Å²) in [6, 6.07) is 2.01. The number of rotatable bonds is 2. The van der Waals surface area contributed by atoms with Gasteiger partial charge in [0.25, 0.3) is 0 Å². The molecule has 1 atom stereocenters. The zero-order valence-corrected chi connectivity index (χ0v) is 9.53. The Morgan fingerprint density at radius 3 is 3.12 bits per heavy atom. The van der Waals surface area contributed by atoms with Gasteiger partial charge in [0.15, 0.2) is 0 Å². The van der Waals surface area contributed by atoms with Crippen LogP contribution in [0.1, 0.15) is 22.1 Å². The molecule has 1 unspecified atom stereocenters. The van der Waals surface area contributed by atoms with E-state index in [0.717, 1.165) is 18.7 Å². The van der Waals surface area contributed by atoms with Crippen molar-refractivity contribution in [3.8, 4) is 0 Å². The molecule has 0 aliphatic carbocycles. The van der Waals surface area contributed by atoms with E-state index in [9.17, 15) is 4.79 Å². The molecular formula is C11H16N2O3. The smallest absolute Gasteiger partial charge is 0.354 e. The minimum Gasteiger partial charge on any atom is -0.464 e. The van der Waals surface area contributed by atoms with Crippen molar-refractivity contribution in [3.05, 3.63) is 23.5 Å². The van der Waals surface area contributed by atoms with E-state index in [1.54, 1.807) is 4.57 Å². The van der Waals surface area contributed by atoms with E-state index < -0.39 is 0 Å². The molecule has 0 radical (unpaired) electrons. The van der Waals surface area contributed by atoms with Crippen molar-refractivity contribution >= 4 is 5.97 Å². The second kappa shape index (κ2) is 4.67. The monoisotopic (exact) mass is 224 g/mol. The van der Waals surface area contributed by atoms with Gasteiger partial charge in [-0.15, -0.1) is 0 Å². The van der Waals surface area contributed by atoms with Crippen LogP contribution in [-0.4, -0.2) is 37.4 Å². The fourth-order valence-electron chi connectivity index (χ4n) is 1.87. The maximum Gasteiger partial charge on any atom is 0.354 e. The molecule has 5 heteroatoms. The predicted octanol–water partition coefficient (Wildman–Crippen LogP) is 0.473. The molecule has 1 fully saturated rings. The molecule has 2 rings (SSSR count). The molecule has 1 aromatic heterocycles. The molecule has 16 heavy (non-hydrogen) atoms. The van der Waals surface area contributed by atoms with Gasteiger partial charge in [0, 0.05) is 19.8 Å². The lowest BCUT2D eigenvalue weighted by molar-refractivity contribution is 0.0589. The van der Waals surface area contributed by atoms with E-state index >= 15 is 0 Å². The minimum absolute atomic E-state index is 0.165. The van der Waals surface area contributed by atoms with Crippen molar-refractivity contribution < 1.29 is 14.3 Å². The molecule has 1 N–H and O–H groups in total. The number of carbonyl (C=O) groups excluding carboxylic acids is 1. The molecule has 1 aromatic rings. The van der Waals surface area contributed by atoms with Crippen molar-refractivity contribution in [1.29, 1.82) is 0 Å². The van der Waals surface area contributed by atoms with Crippen LogP contribution in [0.25, 0.3) is 0 Å². The highest BCUT2D eigenvalue weighted by molar-refractivity contribution is 5.87. The molecular weight excluding hydrogens is 208 g/mol. The van der Waals surface area contributed by atoms with E-state index in [-0.39, 0.29) is 12.0 Å². The first-order chi connectivity index (χ1) is 7.72. The van der Waals surface area contributed by atoms with Crippen LogP contribution in [0.15, 0.2) is 12.3 Å². The number of nitrogens with zero attached hydrogens (tertiary/aromatic N) is 1. The molecule has 1 aliphatic rings. The number of methoxy groups -OCH3 is 1. The molecule has 88 valence electrons. The number of aryl methyl sites for hydroxylation is 1. The number of ether oxygens (including phenoxy) is 2. The van der Waals surface area contributed by atoms with Gasteiger partial charge in [0.1, 0.15) is 5.69 Å². The number of morpholine rings is 1.